The fraction of sp³-hybridized carbons (Fsp3) is 0.520. The summed E-state index contributed by atoms with van der Waals surface area (Å²) in [5.41, 5.74) is 2.44. The average Bonchev–Trinajstić information content (AvgIpc) is 2.78. The Labute approximate surface area is 207 Å². The zero-order valence-electron chi connectivity index (χ0n) is 21.4. The molecular formula is C25H35FN4O4Si. The number of carbonyl (C=O) groups excluding carboxylic acids is 1. The van der Waals surface area contributed by atoms with Crippen molar-refractivity contribution < 1.29 is 23.2 Å². The minimum Gasteiger partial charge on any atom is -0.462 e. The number of oxime groups is 1. The number of benzene rings is 1. The third-order valence-corrected chi connectivity index (χ3v) is 10.9. The first kappa shape index (κ1) is 26.7. The molecule has 2 heterocycles. The Bertz CT molecular complexity index is 1050. The molecule has 1 saturated heterocycles. The van der Waals surface area contributed by atoms with Crippen LogP contribution in [0.5, 0.6) is 0 Å². The Hall–Kier alpha value is -2.85. The second kappa shape index (κ2) is 11.3. The van der Waals surface area contributed by atoms with Gasteiger partial charge in [0.05, 0.1) is 25.4 Å². The predicted molar refractivity (Wildman–Crippen MR) is 136 cm³/mol. The van der Waals surface area contributed by atoms with E-state index in [9.17, 15) is 4.79 Å². The summed E-state index contributed by atoms with van der Waals surface area (Å²) in [5.74, 6) is -0.0205. The Balaban J connectivity index is 1.55. The number of hydrogen-bond donors (Lipinski definition) is 0. The topological polar surface area (TPSA) is 86.1 Å². The molecule has 0 amide bonds. The maximum atomic E-state index is 15.3. The smallest absolute Gasteiger partial charge is 0.305 e. The molecule has 8 nitrogen and oxygen atoms in total. The van der Waals surface area contributed by atoms with Crippen molar-refractivity contribution in [1.82, 2.24) is 9.97 Å². The van der Waals surface area contributed by atoms with Gasteiger partial charge in [-0.2, -0.15) is 0 Å². The lowest BCUT2D eigenvalue weighted by molar-refractivity contribution is -0.144. The summed E-state index contributed by atoms with van der Waals surface area (Å²) in [6.07, 6.45) is 3.60. The lowest BCUT2D eigenvalue weighted by Crippen LogP contribution is -2.48. The van der Waals surface area contributed by atoms with Crippen molar-refractivity contribution in [1.29, 1.82) is 0 Å². The Morgan fingerprint density at radius 1 is 1.17 bits per heavy atom. The molecule has 1 fully saturated rings. The van der Waals surface area contributed by atoms with Crippen LogP contribution in [0.25, 0.3) is 11.1 Å². The normalized spacial score (nSPS) is 13.9. The molecule has 0 unspecified atom stereocenters. The van der Waals surface area contributed by atoms with Crippen LogP contribution in [0.2, 0.25) is 18.1 Å². The third kappa shape index (κ3) is 6.85. The molecule has 1 aliphatic rings. The molecule has 1 aliphatic heterocycles. The lowest BCUT2D eigenvalue weighted by Gasteiger charge is -2.36. The van der Waals surface area contributed by atoms with Crippen molar-refractivity contribution in [2.45, 2.75) is 58.9 Å². The van der Waals surface area contributed by atoms with E-state index in [-0.39, 0.29) is 36.6 Å². The number of esters is 1. The van der Waals surface area contributed by atoms with E-state index in [1.54, 1.807) is 31.5 Å². The Morgan fingerprint density at radius 2 is 1.86 bits per heavy atom. The van der Waals surface area contributed by atoms with Gasteiger partial charge in [0.2, 0.25) is 5.95 Å². The van der Waals surface area contributed by atoms with Crippen LogP contribution in [0, 0.1) is 5.82 Å². The standard InChI is InChI=1S/C25H35FN4O4Si/c1-7-22(31)32-11-12-33-29-20-15-30(16-20)24-27-13-19(14-28-24)21-10-8-9-18(23(21)26)17-34-35(5,6)25(2,3)4/h8-10,13-14H,7,11-12,15-17H2,1-6H3. The molecule has 0 saturated carbocycles. The van der Waals surface area contributed by atoms with Gasteiger partial charge in [0.15, 0.2) is 14.9 Å². The van der Waals surface area contributed by atoms with Crippen LogP contribution in [0.1, 0.15) is 39.7 Å². The van der Waals surface area contributed by atoms with Crippen LogP contribution in [-0.4, -0.2) is 56.3 Å². The monoisotopic (exact) mass is 502 g/mol. The first-order valence-electron chi connectivity index (χ1n) is 11.8. The fourth-order valence-electron chi connectivity index (χ4n) is 3.04. The molecule has 0 spiro atoms. The number of carbonyl (C=O) groups is 1. The zero-order chi connectivity index (χ0) is 25.6. The van der Waals surface area contributed by atoms with Gasteiger partial charge in [-0.3, -0.25) is 4.79 Å². The molecular weight excluding hydrogens is 467 g/mol. The summed E-state index contributed by atoms with van der Waals surface area (Å²) in [6.45, 7) is 14.3. The van der Waals surface area contributed by atoms with Crippen LogP contribution in [0.3, 0.4) is 0 Å². The maximum absolute atomic E-state index is 15.3. The average molecular weight is 503 g/mol. The van der Waals surface area contributed by atoms with Gasteiger partial charge in [-0.25, -0.2) is 14.4 Å². The highest BCUT2D eigenvalue weighted by Crippen LogP contribution is 2.37. The van der Waals surface area contributed by atoms with Crippen LogP contribution < -0.4 is 4.90 Å². The van der Waals surface area contributed by atoms with E-state index in [4.69, 9.17) is 14.0 Å². The van der Waals surface area contributed by atoms with Crippen molar-refractivity contribution in [3.05, 3.63) is 42.0 Å². The minimum absolute atomic E-state index is 0.0573. The highest BCUT2D eigenvalue weighted by Gasteiger charge is 2.37. The molecule has 190 valence electrons. The molecule has 1 aromatic carbocycles. The summed E-state index contributed by atoms with van der Waals surface area (Å²) in [7, 11) is -1.99. The van der Waals surface area contributed by atoms with E-state index >= 15 is 4.39 Å². The van der Waals surface area contributed by atoms with Gasteiger partial charge in [0.1, 0.15) is 12.4 Å². The molecule has 3 rings (SSSR count). The number of hydrogen-bond acceptors (Lipinski definition) is 8. The highest BCUT2D eigenvalue weighted by molar-refractivity contribution is 6.74. The SMILES string of the molecule is CCC(=O)OCCON=C1CN(c2ncc(-c3cccc(CO[Si](C)(C)C(C)(C)C)c3F)cn2)C1. The van der Waals surface area contributed by atoms with Gasteiger partial charge in [-0.1, -0.05) is 51.0 Å². The maximum Gasteiger partial charge on any atom is 0.305 e. The zero-order valence-corrected chi connectivity index (χ0v) is 22.4. The van der Waals surface area contributed by atoms with Gasteiger partial charge in [0, 0.05) is 35.5 Å². The van der Waals surface area contributed by atoms with Gasteiger partial charge in [0.25, 0.3) is 0 Å². The first-order valence-corrected chi connectivity index (χ1v) is 14.7. The van der Waals surface area contributed by atoms with E-state index in [1.807, 2.05) is 11.0 Å². The van der Waals surface area contributed by atoms with E-state index in [1.165, 1.54) is 0 Å². The van der Waals surface area contributed by atoms with Crippen molar-refractivity contribution in [3.8, 4) is 11.1 Å². The lowest BCUT2D eigenvalue weighted by atomic mass is 10.1. The van der Waals surface area contributed by atoms with E-state index in [2.05, 4.69) is 49.0 Å². The molecule has 0 bridgehead atoms. The van der Waals surface area contributed by atoms with E-state index < -0.39 is 8.32 Å². The van der Waals surface area contributed by atoms with Crippen molar-refractivity contribution in [2.24, 2.45) is 5.16 Å². The molecule has 10 heteroatoms. The second-order valence-electron chi connectivity index (χ2n) is 10.0. The molecule has 2 aromatic rings. The van der Waals surface area contributed by atoms with Gasteiger partial charge in [-0.15, -0.1) is 0 Å². The Morgan fingerprint density at radius 3 is 2.49 bits per heavy atom. The second-order valence-corrected chi connectivity index (χ2v) is 14.8. The van der Waals surface area contributed by atoms with Gasteiger partial charge >= 0.3 is 5.97 Å². The van der Waals surface area contributed by atoms with Crippen molar-refractivity contribution in [2.75, 3.05) is 31.2 Å². The molecule has 1 aromatic heterocycles. The van der Waals surface area contributed by atoms with E-state index in [0.29, 0.717) is 42.1 Å². The van der Waals surface area contributed by atoms with Gasteiger partial charge in [-0.05, 0) is 18.1 Å². The van der Waals surface area contributed by atoms with Crippen molar-refractivity contribution >= 4 is 25.9 Å². The van der Waals surface area contributed by atoms with Crippen LogP contribution in [0.4, 0.5) is 10.3 Å². The predicted octanol–water partition coefficient (Wildman–Crippen LogP) is 4.95. The largest absolute Gasteiger partial charge is 0.462 e. The number of ether oxygens (including phenoxy) is 1. The summed E-state index contributed by atoms with van der Waals surface area (Å²) in [6, 6.07) is 5.32. The van der Waals surface area contributed by atoms with Gasteiger partial charge < -0.3 is 18.9 Å². The summed E-state index contributed by atoms with van der Waals surface area (Å²) >= 11 is 0. The van der Waals surface area contributed by atoms with Crippen LogP contribution >= 0.6 is 0 Å². The van der Waals surface area contributed by atoms with E-state index in [0.717, 1.165) is 5.71 Å². The number of rotatable bonds is 10. The summed E-state index contributed by atoms with van der Waals surface area (Å²) in [5, 5.41) is 4.09. The molecule has 0 radical (unpaired) electrons. The summed E-state index contributed by atoms with van der Waals surface area (Å²) in [4.78, 5) is 27.0. The molecule has 0 atom stereocenters. The fourth-order valence-corrected chi connectivity index (χ4v) is 3.99. The van der Waals surface area contributed by atoms with Crippen LogP contribution in [-0.2, 0) is 25.4 Å². The number of nitrogens with zero attached hydrogens (tertiary/aromatic N) is 4. The number of anilines is 1. The minimum atomic E-state index is -1.99. The molecule has 35 heavy (non-hydrogen) atoms. The molecule has 0 N–H and O–H groups in total. The highest BCUT2D eigenvalue weighted by atomic mass is 28.4. The van der Waals surface area contributed by atoms with Crippen molar-refractivity contribution in [3.63, 3.8) is 0 Å². The van der Waals surface area contributed by atoms with Crippen LogP contribution in [0.15, 0.2) is 35.7 Å². The Kier molecular flexibility index (Phi) is 8.60. The number of aromatic nitrogens is 2. The number of halogens is 1. The first-order chi connectivity index (χ1) is 16.5. The molecule has 0 aliphatic carbocycles. The quantitative estimate of drug-likeness (QED) is 0.197. The summed E-state index contributed by atoms with van der Waals surface area (Å²) < 4.78 is 26.4. The third-order valence-electron chi connectivity index (χ3n) is 6.37.